The van der Waals surface area contributed by atoms with Crippen LogP contribution in [0, 0.1) is 13.8 Å². The van der Waals surface area contributed by atoms with Gasteiger partial charge in [-0.15, -0.1) is 0 Å². The number of anilines is 1. The second-order valence-electron chi connectivity index (χ2n) is 9.79. The van der Waals surface area contributed by atoms with Gasteiger partial charge in [-0.1, -0.05) is 41.5 Å². The summed E-state index contributed by atoms with van der Waals surface area (Å²) in [4.78, 5) is 16.6. The number of halogens is 6. The average Bonchev–Trinajstić information content (AvgIpc) is 2.90. The first kappa shape index (κ1) is 29.6. The highest BCUT2D eigenvalue weighted by atomic mass is 19.4. The largest absolute Gasteiger partial charge is 0.416 e. The molecule has 0 saturated heterocycles. The fourth-order valence-electron chi connectivity index (χ4n) is 4.30. The van der Waals surface area contributed by atoms with E-state index < -0.39 is 23.5 Å². The fraction of sp³-hybridized carbons (Fsp3) is 0.188. The van der Waals surface area contributed by atoms with Crippen molar-refractivity contribution < 1.29 is 31.1 Å². The van der Waals surface area contributed by atoms with Crippen molar-refractivity contribution in [2.75, 3.05) is 5.32 Å². The lowest BCUT2D eigenvalue weighted by Crippen LogP contribution is -2.12. The Morgan fingerprint density at radius 3 is 1.68 bits per heavy atom. The van der Waals surface area contributed by atoms with Crippen molar-refractivity contribution in [1.29, 1.82) is 0 Å². The van der Waals surface area contributed by atoms with E-state index in [1.54, 1.807) is 24.3 Å². The molecular formula is C32H26F6N2O. The van der Waals surface area contributed by atoms with Gasteiger partial charge in [0.25, 0.3) is 5.91 Å². The van der Waals surface area contributed by atoms with Gasteiger partial charge in [-0.05, 0) is 98.0 Å². The minimum absolute atomic E-state index is 0.0853. The van der Waals surface area contributed by atoms with Crippen LogP contribution in [0.2, 0.25) is 0 Å². The number of amides is 1. The molecule has 212 valence electrons. The topological polar surface area (TPSA) is 41.5 Å². The summed E-state index contributed by atoms with van der Waals surface area (Å²) in [5.74, 6) is -0.179. The van der Waals surface area contributed by atoms with E-state index in [-0.39, 0.29) is 17.5 Å². The number of benzene rings is 4. The molecule has 9 heteroatoms. The van der Waals surface area contributed by atoms with Crippen LogP contribution in [0.15, 0.2) is 89.9 Å². The fourth-order valence-corrected chi connectivity index (χ4v) is 4.30. The lowest BCUT2D eigenvalue weighted by atomic mass is 10.0. The highest BCUT2D eigenvalue weighted by molar-refractivity contribution is 6.04. The summed E-state index contributed by atoms with van der Waals surface area (Å²) in [6, 6.07) is 21.5. The molecule has 0 heterocycles. The van der Waals surface area contributed by atoms with E-state index in [1.165, 1.54) is 0 Å². The van der Waals surface area contributed by atoms with E-state index in [1.807, 2.05) is 56.3 Å². The Kier molecular flexibility index (Phi) is 8.66. The van der Waals surface area contributed by atoms with Crippen LogP contribution in [0.5, 0.6) is 0 Å². The second-order valence-corrected chi connectivity index (χ2v) is 9.79. The summed E-state index contributed by atoms with van der Waals surface area (Å²) in [5, 5.41) is 2.90. The van der Waals surface area contributed by atoms with E-state index in [9.17, 15) is 31.1 Å². The molecule has 0 spiro atoms. The number of hydrogen-bond acceptors (Lipinski definition) is 2. The predicted octanol–water partition coefficient (Wildman–Crippen LogP) is 9.13. The summed E-state index contributed by atoms with van der Waals surface area (Å²) in [6.45, 7) is 3.88. The molecule has 41 heavy (non-hydrogen) atoms. The predicted molar refractivity (Wildman–Crippen MR) is 148 cm³/mol. The molecule has 0 aliphatic carbocycles. The van der Waals surface area contributed by atoms with E-state index >= 15 is 0 Å². The van der Waals surface area contributed by atoms with Crippen LogP contribution < -0.4 is 5.32 Å². The minimum atomic E-state index is -4.92. The van der Waals surface area contributed by atoms with Gasteiger partial charge >= 0.3 is 12.4 Å². The van der Waals surface area contributed by atoms with Gasteiger partial charge in [-0.3, -0.25) is 9.79 Å². The van der Waals surface area contributed by atoms with Crippen LogP contribution in [0.3, 0.4) is 0 Å². The van der Waals surface area contributed by atoms with Crippen LogP contribution in [-0.4, -0.2) is 12.1 Å². The number of aliphatic imine (C=N–C) groups is 1. The second kappa shape index (κ2) is 12.0. The zero-order chi connectivity index (χ0) is 29.8. The van der Waals surface area contributed by atoms with Crippen LogP contribution in [0.25, 0.3) is 0 Å². The van der Waals surface area contributed by atoms with E-state index in [4.69, 9.17) is 0 Å². The molecule has 0 saturated carbocycles. The van der Waals surface area contributed by atoms with Gasteiger partial charge in [0.2, 0.25) is 0 Å². The van der Waals surface area contributed by atoms with Crippen LogP contribution in [0.4, 0.5) is 37.7 Å². The van der Waals surface area contributed by atoms with Gasteiger partial charge in [0.05, 0.1) is 16.8 Å². The molecule has 0 aromatic heterocycles. The molecule has 0 aliphatic heterocycles. The zero-order valence-corrected chi connectivity index (χ0v) is 22.2. The molecule has 0 radical (unpaired) electrons. The highest BCUT2D eigenvalue weighted by Gasteiger charge is 2.36. The Labute approximate surface area is 233 Å². The van der Waals surface area contributed by atoms with Crippen molar-refractivity contribution in [2.24, 2.45) is 4.99 Å². The van der Waals surface area contributed by atoms with Gasteiger partial charge in [0.1, 0.15) is 0 Å². The normalized spacial score (nSPS) is 12.1. The Morgan fingerprint density at radius 1 is 0.707 bits per heavy atom. The molecule has 3 nitrogen and oxygen atoms in total. The number of aryl methyl sites for hydroxylation is 4. The third-order valence-corrected chi connectivity index (χ3v) is 6.31. The number of rotatable bonds is 7. The first-order chi connectivity index (χ1) is 19.3. The van der Waals surface area contributed by atoms with Gasteiger partial charge in [0.15, 0.2) is 0 Å². The SMILES string of the molecule is Cc1cc(C)cc(C(=O)Nc2ccc(CCc3ccc(N=Cc4cc(C(F)(F)F)cc(C(F)(F)F)c4)cc3)cc2)c1. The van der Waals surface area contributed by atoms with Crippen molar-refractivity contribution in [2.45, 2.75) is 39.0 Å². The molecule has 0 fully saturated rings. The highest BCUT2D eigenvalue weighted by Crippen LogP contribution is 2.36. The van der Waals surface area contributed by atoms with Gasteiger partial charge < -0.3 is 5.32 Å². The Hall–Kier alpha value is -4.40. The zero-order valence-electron chi connectivity index (χ0n) is 22.2. The Morgan fingerprint density at radius 2 is 1.20 bits per heavy atom. The van der Waals surface area contributed by atoms with Crippen LogP contribution in [-0.2, 0) is 25.2 Å². The number of carbonyl (C=O) groups excluding carboxylic acids is 1. The Bertz CT molecular complexity index is 1500. The van der Waals surface area contributed by atoms with E-state index in [0.29, 0.717) is 35.5 Å². The Balaban J connectivity index is 1.35. The van der Waals surface area contributed by atoms with Crippen molar-refractivity contribution >= 4 is 23.5 Å². The van der Waals surface area contributed by atoms with Crippen LogP contribution in [0.1, 0.15) is 49.3 Å². The van der Waals surface area contributed by atoms with E-state index in [2.05, 4.69) is 10.3 Å². The molecule has 4 aromatic carbocycles. The van der Waals surface area contributed by atoms with Gasteiger partial charge in [0, 0.05) is 17.5 Å². The van der Waals surface area contributed by atoms with Crippen molar-refractivity contribution in [3.05, 3.63) is 129 Å². The quantitative estimate of drug-likeness (QED) is 0.175. The smallest absolute Gasteiger partial charge is 0.322 e. The molecule has 0 bridgehead atoms. The molecular weight excluding hydrogens is 542 g/mol. The monoisotopic (exact) mass is 568 g/mol. The van der Waals surface area contributed by atoms with E-state index in [0.717, 1.165) is 34.9 Å². The third-order valence-electron chi connectivity index (χ3n) is 6.31. The summed E-state index contributed by atoms with van der Waals surface area (Å²) in [5.41, 5.74) is 2.66. The van der Waals surface area contributed by atoms with Gasteiger partial charge in [-0.25, -0.2) is 0 Å². The summed E-state index contributed by atoms with van der Waals surface area (Å²) < 4.78 is 78.4. The molecule has 0 atom stereocenters. The number of nitrogens with one attached hydrogen (secondary N) is 1. The standard InChI is InChI=1S/C32H26F6N2O/c1-20-13-21(2)15-25(14-20)30(41)40-29-11-7-23(8-12-29)4-3-22-5-9-28(10-6-22)39-19-24-16-26(31(33,34)35)18-27(17-24)32(36,37)38/h5-19H,3-4H2,1-2H3,(H,40,41). The molecule has 4 rings (SSSR count). The van der Waals surface area contributed by atoms with Crippen molar-refractivity contribution in [1.82, 2.24) is 0 Å². The molecule has 0 aliphatic rings. The molecule has 1 N–H and O–H groups in total. The first-order valence-corrected chi connectivity index (χ1v) is 12.7. The minimum Gasteiger partial charge on any atom is -0.322 e. The van der Waals surface area contributed by atoms with Crippen LogP contribution >= 0.6 is 0 Å². The number of hydrogen-bond donors (Lipinski definition) is 1. The maximum absolute atomic E-state index is 13.1. The van der Waals surface area contributed by atoms with Gasteiger partial charge in [-0.2, -0.15) is 26.3 Å². The summed E-state index contributed by atoms with van der Waals surface area (Å²) in [7, 11) is 0. The number of alkyl halides is 6. The van der Waals surface area contributed by atoms with Crippen molar-refractivity contribution in [3.8, 4) is 0 Å². The molecule has 4 aromatic rings. The lowest BCUT2D eigenvalue weighted by molar-refractivity contribution is -0.143. The van der Waals surface area contributed by atoms with Crippen molar-refractivity contribution in [3.63, 3.8) is 0 Å². The maximum atomic E-state index is 13.1. The average molecular weight is 569 g/mol. The molecule has 1 amide bonds. The third kappa shape index (κ3) is 8.30. The summed E-state index contributed by atoms with van der Waals surface area (Å²) >= 11 is 0. The first-order valence-electron chi connectivity index (χ1n) is 12.7. The summed E-state index contributed by atoms with van der Waals surface area (Å²) in [6.07, 6.45) is -7.43. The number of carbonyl (C=O) groups is 1. The lowest BCUT2D eigenvalue weighted by Gasteiger charge is -2.12. The number of nitrogens with zero attached hydrogens (tertiary/aromatic N) is 1. The maximum Gasteiger partial charge on any atom is 0.416 e. The molecule has 0 unspecified atom stereocenters.